The number of quaternary nitrogens is 2. The molecule has 2 rings (SSSR count). The second kappa shape index (κ2) is 6.98. The predicted octanol–water partition coefficient (Wildman–Crippen LogP) is -0.410. The number of rotatable bonds is 4. The Labute approximate surface area is 121 Å². The molecular weight excluding hydrogens is 256 g/mol. The summed E-state index contributed by atoms with van der Waals surface area (Å²) < 4.78 is 0. The van der Waals surface area contributed by atoms with Gasteiger partial charge in [0.15, 0.2) is 5.78 Å². The molecule has 1 saturated carbocycles. The van der Waals surface area contributed by atoms with Crippen molar-refractivity contribution in [3.63, 3.8) is 0 Å². The molecule has 0 radical (unpaired) electrons. The summed E-state index contributed by atoms with van der Waals surface area (Å²) in [6.45, 7) is 6.21. The molecule has 0 bridgehead atoms. The Bertz CT molecular complexity index is 335. The molecule has 1 saturated heterocycles. The van der Waals surface area contributed by atoms with E-state index in [0.717, 1.165) is 31.7 Å². The maximum atomic E-state index is 12.4. The lowest BCUT2D eigenvalue weighted by Crippen LogP contribution is -3.17. The van der Waals surface area contributed by atoms with E-state index in [1.54, 1.807) is 0 Å². The van der Waals surface area contributed by atoms with Crippen molar-refractivity contribution in [2.24, 2.45) is 11.8 Å². The van der Waals surface area contributed by atoms with Crippen molar-refractivity contribution in [3.05, 3.63) is 5.21 Å². The van der Waals surface area contributed by atoms with Crippen LogP contribution in [0.1, 0.15) is 52.4 Å². The number of hydrogen-bond acceptors (Lipinski definition) is 3. The third-order valence-electron chi connectivity index (χ3n) is 5.29. The monoisotopic (exact) mass is 285 g/mol. The van der Waals surface area contributed by atoms with Crippen LogP contribution in [0.25, 0.3) is 0 Å². The maximum absolute atomic E-state index is 12.4. The van der Waals surface area contributed by atoms with Gasteiger partial charge in [-0.15, -0.1) is 0 Å². The van der Waals surface area contributed by atoms with Crippen molar-refractivity contribution in [1.82, 2.24) is 0 Å². The number of carbonyl (C=O) groups excluding carboxylic acids is 1. The Hall–Kier alpha value is -0.490. The summed E-state index contributed by atoms with van der Waals surface area (Å²) in [6, 6.07) is 0.257. The minimum Gasteiger partial charge on any atom is -0.600 e. The van der Waals surface area contributed by atoms with Gasteiger partial charge in [-0.05, 0) is 32.1 Å². The summed E-state index contributed by atoms with van der Waals surface area (Å²) in [6.07, 6.45) is 5.48. The lowest BCUT2D eigenvalue weighted by Gasteiger charge is -2.35. The smallest absolute Gasteiger partial charge is 0.190 e. The van der Waals surface area contributed by atoms with E-state index in [-0.39, 0.29) is 12.0 Å². The molecule has 5 heteroatoms. The molecule has 1 aliphatic carbocycles. The van der Waals surface area contributed by atoms with E-state index < -0.39 is 5.23 Å². The van der Waals surface area contributed by atoms with Gasteiger partial charge in [0.05, 0.1) is 12.6 Å². The van der Waals surface area contributed by atoms with Crippen LogP contribution < -0.4 is 10.1 Å². The zero-order valence-electron chi connectivity index (χ0n) is 12.7. The Morgan fingerprint density at radius 1 is 1.30 bits per heavy atom. The molecule has 116 valence electrons. The first-order valence-electron chi connectivity index (χ1n) is 8.07. The average Bonchev–Trinajstić information content (AvgIpc) is 2.42. The van der Waals surface area contributed by atoms with Gasteiger partial charge in [0.25, 0.3) is 0 Å². The second-order valence-electron chi connectivity index (χ2n) is 6.98. The largest absolute Gasteiger partial charge is 0.600 e. The molecule has 2 aliphatic rings. The van der Waals surface area contributed by atoms with Gasteiger partial charge < -0.3 is 10.1 Å². The molecule has 0 spiro atoms. The van der Waals surface area contributed by atoms with Crippen molar-refractivity contribution >= 4 is 5.78 Å². The number of Topliss-reactive ketones (excluding diaryl/α,β-unsaturated/α-hetero) is 1. The van der Waals surface area contributed by atoms with E-state index in [1.807, 2.05) is 0 Å². The molecule has 1 aliphatic heterocycles. The van der Waals surface area contributed by atoms with Crippen molar-refractivity contribution in [2.75, 3.05) is 13.1 Å². The van der Waals surface area contributed by atoms with Crippen LogP contribution in [0, 0.1) is 17.0 Å². The van der Waals surface area contributed by atoms with Gasteiger partial charge in [-0.2, -0.15) is 0 Å². The Balaban J connectivity index is 1.85. The Kier molecular flexibility index (Phi) is 5.55. The number of hydroxylamine groups is 2. The van der Waals surface area contributed by atoms with E-state index in [1.165, 1.54) is 17.7 Å². The van der Waals surface area contributed by atoms with Crippen molar-refractivity contribution in [3.8, 4) is 0 Å². The summed E-state index contributed by atoms with van der Waals surface area (Å²) in [5.74, 6) is 1.06. The van der Waals surface area contributed by atoms with Crippen LogP contribution in [-0.2, 0) is 4.79 Å². The molecule has 0 aromatic rings. The van der Waals surface area contributed by atoms with Gasteiger partial charge in [0.2, 0.25) is 0 Å². The van der Waals surface area contributed by atoms with Crippen molar-refractivity contribution in [2.45, 2.75) is 64.5 Å². The van der Waals surface area contributed by atoms with Crippen LogP contribution in [0.5, 0.6) is 0 Å². The van der Waals surface area contributed by atoms with Crippen molar-refractivity contribution < 1.29 is 20.1 Å². The molecule has 1 heterocycles. The molecule has 6 atom stereocenters. The fraction of sp³-hybridized carbons (Fsp3) is 0.933. The first-order chi connectivity index (χ1) is 9.47. The molecule has 0 aromatic carbocycles. The van der Waals surface area contributed by atoms with Crippen LogP contribution in [0.3, 0.4) is 0 Å². The van der Waals surface area contributed by atoms with Gasteiger partial charge in [0.1, 0.15) is 12.6 Å². The Morgan fingerprint density at radius 3 is 2.70 bits per heavy atom. The highest BCUT2D eigenvalue weighted by Crippen LogP contribution is 2.23. The molecule has 2 fully saturated rings. The number of piperidine rings is 1. The topological polar surface area (TPSA) is 69.2 Å². The first-order valence-corrected chi connectivity index (χ1v) is 8.07. The number of nitrogens with one attached hydrogen (secondary N) is 2. The normalized spacial score (nSPS) is 40.3. The van der Waals surface area contributed by atoms with Crippen LogP contribution in [0.15, 0.2) is 0 Å². The lowest BCUT2D eigenvalue weighted by molar-refractivity contribution is -1.07. The standard InChI is InChI=1S/C15H28N2O3/c1-11-6-7-16(12(2)8-11)10-15(18)13-4-3-5-14(9-13)17(19)20/h11-14,17,19H,3-10H2,1-2H3/p+1. The summed E-state index contributed by atoms with van der Waals surface area (Å²) in [4.78, 5) is 13.9. The van der Waals surface area contributed by atoms with Crippen LogP contribution in [-0.4, -0.2) is 36.2 Å². The first kappa shape index (κ1) is 15.9. The highest BCUT2D eigenvalue weighted by Gasteiger charge is 2.34. The highest BCUT2D eigenvalue weighted by atomic mass is 16.8. The quantitative estimate of drug-likeness (QED) is 0.615. The molecule has 6 unspecified atom stereocenters. The minimum atomic E-state index is -0.727. The summed E-state index contributed by atoms with van der Waals surface area (Å²) in [7, 11) is 0. The SMILES string of the molecule is CC1CC[NH+](CC(=O)C2CCCC([NH+]([O-])O)C2)C(C)C1. The van der Waals surface area contributed by atoms with E-state index in [0.29, 0.717) is 24.8 Å². The molecule has 0 amide bonds. The molecular formula is C15H29N2O3+. The predicted molar refractivity (Wildman–Crippen MR) is 75.4 cm³/mol. The fourth-order valence-electron chi connectivity index (χ4n) is 3.90. The van der Waals surface area contributed by atoms with E-state index >= 15 is 0 Å². The van der Waals surface area contributed by atoms with Gasteiger partial charge in [0, 0.05) is 25.2 Å². The summed E-state index contributed by atoms with van der Waals surface area (Å²) in [5.41, 5.74) is 0. The van der Waals surface area contributed by atoms with Crippen LogP contribution in [0.4, 0.5) is 0 Å². The Morgan fingerprint density at radius 2 is 2.05 bits per heavy atom. The van der Waals surface area contributed by atoms with Crippen LogP contribution >= 0.6 is 0 Å². The van der Waals surface area contributed by atoms with E-state index in [2.05, 4.69) is 13.8 Å². The number of likely N-dealkylation sites (tertiary alicyclic amines) is 1. The molecule has 20 heavy (non-hydrogen) atoms. The summed E-state index contributed by atoms with van der Waals surface area (Å²) in [5, 5.41) is 19.5. The lowest BCUT2D eigenvalue weighted by atomic mass is 9.82. The third kappa shape index (κ3) is 4.01. The molecule has 0 aromatic heterocycles. The number of carbonyl (C=O) groups is 1. The van der Waals surface area contributed by atoms with Crippen LogP contribution in [0.2, 0.25) is 0 Å². The third-order valence-corrected chi connectivity index (χ3v) is 5.29. The average molecular weight is 285 g/mol. The summed E-state index contributed by atoms with van der Waals surface area (Å²) >= 11 is 0. The van der Waals surface area contributed by atoms with Gasteiger partial charge in [-0.25, -0.2) is 10.4 Å². The van der Waals surface area contributed by atoms with Gasteiger partial charge in [-0.1, -0.05) is 6.92 Å². The molecule has 3 N–H and O–H groups in total. The number of ketones is 1. The zero-order valence-corrected chi connectivity index (χ0v) is 12.7. The second-order valence-corrected chi connectivity index (χ2v) is 6.98. The zero-order chi connectivity index (χ0) is 14.7. The van der Waals surface area contributed by atoms with Gasteiger partial charge >= 0.3 is 0 Å². The van der Waals surface area contributed by atoms with E-state index in [9.17, 15) is 10.0 Å². The van der Waals surface area contributed by atoms with Gasteiger partial charge in [-0.3, -0.25) is 4.79 Å². The molecule has 5 nitrogen and oxygen atoms in total. The van der Waals surface area contributed by atoms with E-state index in [4.69, 9.17) is 5.21 Å². The van der Waals surface area contributed by atoms with Crippen molar-refractivity contribution in [1.29, 1.82) is 0 Å². The fourth-order valence-corrected chi connectivity index (χ4v) is 3.90. The number of hydrogen-bond donors (Lipinski definition) is 3. The maximum Gasteiger partial charge on any atom is 0.190 e. The highest BCUT2D eigenvalue weighted by molar-refractivity contribution is 5.82. The minimum absolute atomic E-state index is 0.0103.